The van der Waals surface area contributed by atoms with E-state index in [0.29, 0.717) is 19.0 Å². The molecular weight excluding hydrogens is 388 g/mol. The van der Waals surface area contributed by atoms with Crippen molar-refractivity contribution in [1.29, 1.82) is 0 Å². The number of sulfonamides is 1. The number of hydrogen-bond acceptors (Lipinski definition) is 5. The second-order valence-electron chi connectivity index (χ2n) is 7.44. The number of hydrogen-bond donors (Lipinski definition) is 1. The summed E-state index contributed by atoms with van der Waals surface area (Å²) in [5.74, 6) is 0.680. The van der Waals surface area contributed by atoms with Crippen LogP contribution in [0, 0.1) is 0 Å². The van der Waals surface area contributed by atoms with Gasteiger partial charge in [-0.3, -0.25) is 4.98 Å². The van der Waals surface area contributed by atoms with E-state index in [4.69, 9.17) is 9.47 Å². The van der Waals surface area contributed by atoms with Crippen molar-refractivity contribution in [1.82, 2.24) is 9.71 Å². The fourth-order valence-corrected chi connectivity index (χ4v) is 4.28. The summed E-state index contributed by atoms with van der Waals surface area (Å²) in [5, 5.41) is 1.73. The Morgan fingerprint density at radius 2 is 1.90 bits per heavy atom. The minimum Gasteiger partial charge on any atom is -0.486 e. The Balaban J connectivity index is 1.51. The topological polar surface area (TPSA) is 77.5 Å². The van der Waals surface area contributed by atoms with Gasteiger partial charge < -0.3 is 9.47 Å². The predicted molar refractivity (Wildman–Crippen MR) is 113 cm³/mol. The first-order valence-corrected chi connectivity index (χ1v) is 11.2. The molecule has 1 saturated heterocycles. The molecule has 1 N–H and O–H groups in total. The minimum absolute atomic E-state index is 0.304. The van der Waals surface area contributed by atoms with Gasteiger partial charge in [-0.15, -0.1) is 0 Å². The van der Waals surface area contributed by atoms with Gasteiger partial charge in [0.15, 0.2) is 0 Å². The van der Waals surface area contributed by atoms with Crippen LogP contribution in [0.15, 0.2) is 60.9 Å². The highest BCUT2D eigenvalue weighted by molar-refractivity contribution is 7.90. The van der Waals surface area contributed by atoms with Gasteiger partial charge in [-0.2, -0.15) is 0 Å². The number of ether oxygens (including phenoxy) is 2. The lowest BCUT2D eigenvalue weighted by Crippen LogP contribution is -2.47. The molecule has 2 heterocycles. The van der Waals surface area contributed by atoms with Gasteiger partial charge in [0.2, 0.25) is 10.0 Å². The van der Waals surface area contributed by atoms with E-state index in [9.17, 15) is 8.42 Å². The van der Waals surface area contributed by atoms with Crippen LogP contribution in [-0.2, 0) is 14.8 Å². The highest BCUT2D eigenvalue weighted by atomic mass is 32.2. The second-order valence-corrected chi connectivity index (χ2v) is 9.71. The van der Waals surface area contributed by atoms with Gasteiger partial charge in [0, 0.05) is 17.8 Å². The van der Waals surface area contributed by atoms with Crippen LogP contribution in [0.3, 0.4) is 0 Å². The van der Waals surface area contributed by atoms with Crippen molar-refractivity contribution < 1.29 is 17.9 Å². The molecule has 2 aromatic carbocycles. The molecule has 0 saturated carbocycles. The lowest BCUT2D eigenvalue weighted by atomic mass is 9.99. The maximum Gasteiger partial charge on any atom is 0.214 e. The highest BCUT2D eigenvalue weighted by Crippen LogP contribution is 2.30. The predicted octanol–water partition coefficient (Wildman–Crippen LogP) is 3.38. The van der Waals surface area contributed by atoms with Crippen molar-refractivity contribution in [2.24, 2.45) is 0 Å². The van der Waals surface area contributed by atoms with Gasteiger partial charge in [-0.05, 0) is 48.6 Å². The molecule has 0 aliphatic carbocycles. The second kappa shape index (κ2) is 8.10. The maximum absolute atomic E-state index is 12.2. The molecular formula is C22H24N2O4S. The van der Waals surface area contributed by atoms with E-state index in [1.54, 1.807) is 20.0 Å². The fourth-order valence-electron chi connectivity index (χ4n) is 3.37. The van der Waals surface area contributed by atoms with Crippen LogP contribution in [0.2, 0.25) is 0 Å². The summed E-state index contributed by atoms with van der Waals surface area (Å²) in [6.07, 6.45) is 3.29. The van der Waals surface area contributed by atoms with E-state index in [1.807, 2.05) is 48.7 Å². The number of rotatable bonds is 6. The molecule has 7 heteroatoms. The van der Waals surface area contributed by atoms with Crippen LogP contribution in [0.4, 0.5) is 0 Å². The normalized spacial score (nSPS) is 19.7. The van der Waals surface area contributed by atoms with Crippen LogP contribution in [0.1, 0.15) is 13.8 Å². The molecule has 1 aromatic heterocycles. The summed E-state index contributed by atoms with van der Waals surface area (Å²) < 4.78 is 38.5. The number of nitrogens with one attached hydrogen (secondary N) is 1. The molecule has 152 valence electrons. The molecule has 0 radical (unpaired) electrons. The van der Waals surface area contributed by atoms with Crippen LogP contribution < -0.4 is 9.46 Å². The third kappa shape index (κ3) is 4.27. The average Bonchev–Trinajstić information content (AvgIpc) is 3.14. The molecule has 3 aromatic rings. The van der Waals surface area contributed by atoms with Crippen molar-refractivity contribution in [2.75, 3.05) is 13.2 Å². The summed E-state index contributed by atoms with van der Waals surface area (Å²) in [7, 11) is -3.39. The number of pyridine rings is 1. The smallest absolute Gasteiger partial charge is 0.214 e. The number of fused-ring (bicyclic) bond motifs is 1. The van der Waals surface area contributed by atoms with E-state index in [0.717, 1.165) is 21.9 Å². The minimum atomic E-state index is -3.39. The SMILES string of the molecule is CC(C)S(=O)(=O)NC1COCC1Oc1ccc(-c2cccc3cnccc23)cc1. The quantitative estimate of drug-likeness (QED) is 0.672. The number of aromatic nitrogens is 1. The molecule has 0 bridgehead atoms. The highest BCUT2D eigenvalue weighted by Gasteiger charge is 2.34. The molecule has 1 aliphatic rings. The Kier molecular flexibility index (Phi) is 5.54. The van der Waals surface area contributed by atoms with E-state index in [1.165, 1.54) is 0 Å². The molecule has 2 unspecified atom stereocenters. The Labute approximate surface area is 170 Å². The van der Waals surface area contributed by atoms with Crippen LogP contribution in [-0.4, -0.2) is 44.0 Å². The lowest BCUT2D eigenvalue weighted by molar-refractivity contribution is 0.140. The molecule has 0 spiro atoms. The Hall–Kier alpha value is -2.48. The monoisotopic (exact) mass is 412 g/mol. The van der Waals surface area contributed by atoms with Gasteiger partial charge in [-0.25, -0.2) is 13.1 Å². The molecule has 1 aliphatic heterocycles. The first-order chi connectivity index (χ1) is 13.9. The molecule has 4 rings (SSSR count). The maximum atomic E-state index is 12.2. The Morgan fingerprint density at radius 1 is 1.10 bits per heavy atom. The molecule has 2 atom stereocenters. The van der Waals surface area contributed by atoms with E-state index in [2.05, 4.69) is 15.8 Å². The lowest BCUT2D eigenvalue weighted by Gasteiger charge is -2.21. The molecule has 6 nitrogen and oxygen atoms in total. The van der Waals surface area contributed by atoms with Crippen molar-refractivity contribution in [3.63, 3.8) is 0 Å². The van der Waals surface area contributed by atoms with Crippen molar-refractivity contribution in [3.05, 3.63) is 60.9 Å². The van der Waals surface area contributed by atoms with Crippen LogP contribution in [0.25, 0.3) is 21.9 Å². The molecule has 29 heavy (non-hydrogen) atoms. The van der Waals surface area contributed by atoms with Crippen molar-refractivity contribution in [2.45, 2.75) is 31.2 Å². The zero-order chi connectivity index (χ0) is 20.4. The average molecular weight is 413 g/mol. The zero-order valence-electron chi connectivity index (χ0n) is 16.4. The summed E-state index contributed by atoms with van der Waals surface area (Å²) in [4.78, 5) is 4.18. The van der Waals surface area contributed by atoms with Crippen molar-refractivity contribution >= 4 is 20.8 Å². The van der Waals surface area contributed by atoms with Crippen molar-refractivity contribution in [3.8, 4) is 16.9 Å². The molecule has 1 fully saturated rings. The van der Waals surface area contributed by atoms with Crippen LogP contribution >= 0.6 is 0 Å². The zero-order valence-corrected chi connectivity index (χ0v) is 17.2. The van der Waals surface area contributed by atoms with Gasteiger partial charge in [0.05, 0.1) is 24.5 Å². The number of nitrogens with zero attached hydrogens (tertiary/aromatic N) is 1. The van der Waals surface area contributed by atoms with Crippen LogP contribution in [0.5, 0.6) is 5.75 Å². The van der Waals surface area contributed by atoms with Gasteiger partial charge in [-0.1, -0.05) is 30.3 Å². The Morgan fingerprint density at radius 3 is 2.66 bits per heavy atom. The Bertz CT molecular complexity index is 1090. The van der Waals surface area contributed by atoms with Gasteiger partial charge in [0.25, 0.3) is 0 Å². The summed E-state index contributed by atoms with van der Waals surface area (Å²) in [6, 6.07) is 15.6. The first-order valence-electron chi connectivity index (χ1n) is 9.63. The standard InChI is InChI=1S/C22H24N2O4S/c1-15(2)29(25,26)24-21-13-27-14-22(21)28-18-8-6-16(7-9-18)19-5-3-4-17-12-23-11-10-20(17)19/h3-12,15,21-22,24H,13-14H2,1-2H3. The third-order valence-electron chi connectivity index (χ3n) is 5.10. The summed E-state index contributed by atoms with van der Waals surface area (Å²) in [6.45, 7) is 3.95. The van der Waals surface area contributed by atoms with E-state index < -0.39 is 21.3 Å². The third-order valence-corrected chi connectivity index (χ3v) is 6.97. The largest absolute Gasteiger partial charge is 0.486 e. The van der Waals surface area contributed by atoms with Gasteiger partial charge >= 0.3 is 0 Å². The number of benzene rings is 2. The van der Waals surface area contributed by atoms with E-state index >= 15 is 0 Å². The first kappa shape index (κ1) is 19.8. The van der Waals surface area contributed by atoms with E-state index in [-0.39, 0.29) is 6.10 Å². The summed E-state index contributed by atoms with van der Waals surface area (Å²) >= 11 is 0. The van der Waals surface area contributed by atoms with Gasteiger partial charge in [0.1, 0.15) is 11.9 Å². The fraction of sp³-hybridized carbons (Fsp3) is 0.318. The molecule has 0 amide bonds. The summed E-state index contributed by atoms with van der Waals surface area (Å²) in [5.41, 5.74) is 2.21.